The Morgan fingerprint density at radius 1 is 0.968 bits per heavy atom. The Morgan fingerprint density at radius 2 is 1.61 bits per heavy atom. The summed E-state index contributed by atoms with van der Waals surface area (Å²) in [6, 6.07) is 6.71. The number of carboxylic acid groups (broad SMARTS) is 1. The summed E-state index contributed by atoms with van der Waals surface area (Å²) >= 11 is 0. The molecule has 9 heteroatoms. The minimum absolute atomic E-state index is 0.231. The molecule has 3 nitrogen and oxygen atoms in total. The van der Waals surface area contributed by atoms with Gasteiger partial charge in [0, 0.05) is 29.7 Å². The van der Waals surface area contributed by atoms with Gasteiger partial charge in [0.05, 0.1) is 17.0 Å². The molecule has 0 spiro atoms. The molecule has 1 aliphatic rings. The number of hydrogen-bond acceptors (Lipinski definition) is 1. The lowest BCUT2D eigenvalue weighted by molar-refractivity contribution is -0.145. The smallest absolute Gasteiger partial charge is 0.416 e. The van der Waals surface area contributed by atoms with Gasteiger partial charge in [0.2, 0.25) is 0 Å². The summed E-state index contributed by atoms with van der Waals surface area (Å²) in [4.78, 5) is 11.1. The number of benzene rings is 2. The van der Waals surface area contributed by atoms with Crippen LogP contribution in [0.25, 0.3) is 22.0 Å². The molecule has 0 amide bonds. The van der Waals surface area contributed by atoms with Crippen LogP contribution < -0.4 is 0 Å². The fraction of sp³-hybridized carbons (Fsp3) is 0.318. The molecule has 1 N–H and O–H groups in total. The Kier molecular flexibility index (Phi) is 4.83. The van der Waals surface area contributed by atoms with Crippen molar-refractivity contribution in [3.05, 3.63) is 59.3 Å². The molecule has 1 fully saturated rings. The van der Waals surface area contributed by atoms with Crippen LogP contribution in [-0.4, -0.2) is 15.6 Å². The number of aliphatic carboxylic acids is 1. The van der Waals surface area contributed by atoms with Crippen LogP contribution in [0.4, 0.5) is 26.3 Å². The summed E-state index contributed by atoms with van der Waals surface area (Å²) in [7, 11) is 1.53. The van der Waals surface area contributed by atoms with E-state index in [0.717, 1.165) is 24.3 Å². The molecule has 4 rings (SSSR count). The first kappa shape index (κ1) is 21.3. The third-order valence-electron chi connectivity index (χ3n) is 5.87. The third kappa shape index (κ3) is 3.88. The Morgan fingerprint density at radius 3 is 2.19 bits per heavy atom. The molecule has 0 atom stereocenters. The van der Waals surface area contributed by atoms with Gasteiger partial charge in [-0.25, -0.2) is 0 Å². The van der Waals surface area contributed by atoms with Gasteiger partial charge in [-0.15, -0.1) is 0 Å². The van der Waals surface area contributed by atoms with Crippen molar-refractivity contribution in [3.63, 3.8) is 0 Å². The van der Waals surface area contributed by atoms with Crippen LogP contribution in [0.3, 0.4) is 0 Å². The van der Waals surface area contributed by atoms with Crippen LogP contribution >= 0.6 is 0 Å². The number of carboxylic acids is 1. The van der Waals surface area contributed by atoms with Crippen molar-refractivity contribution in [3.8, 4) is 11.1 Å². The third-order valence-corrected chi connectivity index (χ3v) is 5.87. The van der Waals surface area contributed by atoms with Gasteiger partial charge in [0.25, 0.3) is 0 Å². The van der Waals surface area contributed by atoms with Crippen molar-refractivity contribution in [1.82, 2.24) is 4.57 Å². The van der Waals surface area contributed by atoms with Crippen molar-refractivity contribution in [1.29, 1.82) is 0 Å². The predicted octanol–water partition coefficient (Wildman–Crippen LogP) is 6.46. The Balaban J connectivity index is 1.83. The lowest BCUT2D eigenvalue weighted by Gasteiger charge is -2.33. The molecule has 1 aliphatic carbocycles. The highest BCUT2D eigenvalue weighted by atomic mass is 19.4. The van der Waals surface area contributed by atoms with Crippen molar-refractivity contribution < 1.29 is 36.2 Å². The van der Waals surface area contributed by atoms with E-state index in [1.54, 1.807) is 6.07 Å². The van der Waals surface area contributed by atoms with Gasteiger partial charge >= 0.3 is 18.3 Å². The molecule has 0 saturated heterocycles. The molecular formula is C22H17F6NO2. The van der Waals surface area contributed by atoms with E-state index in [2.05, 4.69) is 0 Å². The maximum absolute atomic E-state index is 13.5. The standard InChI is InChI=1S/C22H17F6NO2/c1-29-10-18(17-3-2-15(9-19(17)29)21(23,24)25)13-4-12(7-16(8-13)22(26,27)28)11-5-14(6-11)20(30)31/h2-4,7-11,14H,5-6H2,1H3,(H,30,31). The Hall–Kier alpha value is -2.97. The summed E-state index contributed by atoms with van der Waals surface area (Å²) in [5.74, 6) is -1.87. The van der Waals surface area contributed by atoms with E-state index < -0.39 is 35.4 Å². The van der Waals surface area contributed by atoms with Gasteiger partial charge in [-0.1, -0.05) is 12.1 Å². The zero-order chi connectivity index (χ0) is 22.7. The topological polar surface area (TPSA) is 42.2 Å². The van der Waals surface area contributed by atoms with Gasteiger partial charge in [-0.05, 0) is 54.2 Å². The molecule has 0 unspecified atom stereocenters. The molecular weight excluding hydrogens is 424 g/mol. The zero-order valence-electron chi connectivity index (χ0n) is 16.2. The second-order valence-corrected chi connectivity index (χ2v) is 7.93. The number of aromatic nitrogens is 1. The highest BCUT2D eigenvalue weighted by Gasteiger charge is 2.38. The summed E-state index contributed by atoms with van der Waals surface area (Å²) in [5, 5.41) is 9.45. The van der Waals surface area contributed by atoms with Crippen LogP contribution in [0.1, 0.15) is 35.4 Å². The maximum Gasteiger partial charge on any atom is 0.416 e. The van der Waals surface area contributed by atoms with Gasteiger partial charge in [0.1, 0.15) is 0 Å². The second kappa shape index (κ2) is 7.03. The Labute approximate surface area is 172 Å². The molecule has 0 bridgehead atoms. The number of rotatable bonds is 3. The molecule has 0 aliphatic heterocycles. The number of alkyl halides is 6. The number of halogens is 6. The minimum atomic E-state index is -4.62. The van der Waals surface area contributed by atoms with Crippen molar-refractivity contribution in [2.75, 3.05) is 0 Å². The van der Waals surface area contributed by atoms with Crippen LogP contribution in [0.2, 0.25) is 0 Å². The number of nitrogens with zero attached hydrogens (tertiary/aromatic N) is 1. The lowest BCUT2D eigenvalue weighted by atomic mass is 9.71. The summed E-state index contributed by atoms with van der Waals surface area (Å²) in [6.07, 6.45) is -7.15. The maximum atomic E-state index is 13.5. The van der Waals surface area contributed by atoms with E-state index in [1.807, 2.05) is 0 Å². The largest absolute Gasteiger partial charge is 0.481 e. The van der Waals surface area contributed by atoms with Gasteiger partial charge in [-0.2, -0.15) is 26.3 Å². The monoisotopic (exact) mass is 441 g/mol. The predicted molar refractivity (Wildman–Crippen MR) is 101 cm³/mol. The van der Waals surface area contributed by atoms with E-state index in [1.165, 1.54) is 23.9 Å². The average molecular weight is 441 g/mol. The summed E-state index contributed by atoms with van der Waals surface area (Å²) in [5.41, 5.74) is -0.472. The molecule has 3 aromatic rings. The average Bonchev–Trinajstić information content (AvgIpc) is 2.95. The van der Waals surface area contributed by atoms with E-state index in [-0.39, 0.29) is 29.8 Å². The van der Waals surface area contributed by atoms with Crippen LogP contribution in [0, 0.1) is 5.92 Å². The zero-order valence-corrected chi connectivity index (χ0v) is 16.2. The number of hydrogen-bond donors (Lipinski definition) is 1. The van der Waals surface area contributed by atoms with Crippen molar-refractivity contribution >= 4 is 16.9 Å². The second-order valence-electron chi connectivity index (χ2n) is 7.93. The van der Waals surface area contributed by atoms with E-state index in [9.17, 15) is 31.1 Å². The van der Waals surface area contributed by atoms with Gasteiger partial charge in [-0.3, -0.25) is 4.79 Å². The van der Waals surface area contributed by atoms with Gasteiger partial charge < -0.3 is 9.67 Å². The SMILES string of the molecule is Cn1cc(-c2cc(C3CC(C(=O)O)C3)cc(C(F)(F)F)c2)c2ccc(C(F)(F)F)cc21. The van der Waals surface area contributed by atoms with E-state index >= 15 is 0 Å². The van der Waals surface area contributed by atoms with Crippen molar-refractivity contribution in [2.45, 2.75) is 31.1 Å². The normalized spacial score (nSPS) is 19.5. The number of fused-ring (bicyclic) bond motifs is 1. The molecule has 31 heavy (non-hydrogen) atoms. The summed E-state index contributed by atoms with van der Waals surface area (Å²) in [6.45, 7) is 0. The molecule has 2 aromatic carbocycles. The fourth-order valence-corrected chi connectivity index (χ4v) is 4.09. The molecule has 0 radical (unpaired) electrons. The molecule has 1 aromatic heterocycles. The highest BCUT2D eigenvalue weighted by molar-refractivity contribution is 5.96. The molecule has 1 saturated carbocycles. The number of aryl methyl sites for hydroxylation is 1. The highest BCUT2D eigenvalue weighted by Crippen LogP contribution is 2.45. The van der Waals surface area contributed by atoms with Crippen LogP contribution in [-0.2, 0) is 24.2 Å². The molecule has 1 heterocycles. The van der Waals surface area contributed by atoms with E-state index in [4.69, 9.17) is 5.11 Å². The first-order valence-electron chi connectivity index (χ1n) is 9.46. The first-order chi connectivity index (χ1) is 14.3. The van der Waals surface area contributed by atoms with E-state index in [0.29, 0.717) is 16.5 Å². The first-order valence-corrected chi connectivity index (χ1v) is 9.46. The lowest BCUT2D eigenvalue weighted by Crippen LogP contribution is -2.29. The quantitative estimate of drug-likeness (QED) is 0.474. The Bertz CT molecular complexity index is 1170. The minimum Gasteiger partial charge on any atom is -0.481 e. The summed E-state index contributed by atoms with van der Waals surface area (Å²) < 4.78 is 81.2. The van der Waals surface area contributed by atoms with Crippen LogP contribution in [0.5, 0.6) is 0 Å². The van der Waals surface area contributed by atoms with Crippen LogP contribution in [0.15, 0.2) is 42.6 Å². The molecule has 164 valence electrons. The van der Waals surface area contributed by atoms with Crippen molar-refractivity contribution in [2.24, 2.45) is 13.0 Å². The number of carbonyl (C=O) groups is 1. The van der Waals surface area contributed by atoms with Gasteiger partial charge in [0.15, 0.2) is 0 Å². The fourth-order valence-electron chi connectivity index (χ4n) is 4.09.